The Morgan fingerprint density at radius 1 is 0.889 bits per heavy atom. The van der Waals surface area contributed by atoms with Gasteiger partial charge >= 0.3 is 0 Å². The summed E-state index contributed by atoms with van der Waals surface area (Å²) >= 11 is 8.46. The van der Waals surface area contributed by atoms with E-state index in [2.05, 4.69) is 51.4 Å². The molecule has 2 heteroatoms. The van der Waals surface area contributed by atoms with Crippen molar-refractivity contribution in [1.82, 2.24) is 0 Å². The minimum Gasteiger partial charge on any atom is -0.152 e. The lowest BCUT2D eigenvalue weighted by molar-refractivity contribution is 1.05. The molecule has 0 N–H and O–H groups in total. The van der Waals surface area contributed by atoms with E-state index in [1.165, 1.54) is 38.9 Å². The van der Waals surface area contributed by atoms with E-state index in [-0.39, 0.29) is 5.38 Å². The lowest BCUT2D eigenvalue weighted by Crippen LogP contribution is -2.03. The average molecular weight is 279 g/mol. The summed E-state index contributed by atoms with van der Waals surface area (Å²) in [5.41, 5.74) is 9.12. The number of benzene rings is 1. The largest absolute Gasteiger partial charge is 0.152 e. The highest BCUT2D eigenvalue weighted by Crippen LogP contribution is 2.38. The first-order valence-corrected chi connectivity index (χ1v) is 7.55. The molecule has 0 aliphatic carbocycles. The van der Waals surface area contributed by atoms with Crippen LogP contribution in [0.5, 0.6) is 0 Å². The molecule has 0 amide bonds. The Morgan fingerprint density at radius 3 is 1.89 bits per heavy atom. The van der Waals surface area contributed by atoms with Crippen LogP contribution < -0.4 is 0 Å². The van der Waals surface area contributed by atoms with E-state index in [1.54, 1.807) is 11.3 Å². The van der Waals surface area contributed by atoms with Crippen molar-refractivity contribution in [3.05, 3.63) is 55.8 Å². The standard InChI is InChI=1S/C16H19ClS/c1-9-6-10(2)13(5)15(12(9)4)16(17)14-8-18-7-11(14)3/h6-8,16H,1-5H3. The SMILES string of the molecule is Cc1cscc1C(Cl)c1c(C)c(C)cc(C)c1C. The number of thiophene rings is 1. The highest BCUT2D eigenvalue weighted by molar-refractivity contribution is 7.08. The molecule has 0 saturated heterocycles. The molecule has 0 saturated carbocycles. The fourth-order valence-corrected chi connectivity index (χ4v) is 3.93. The summed E-state index contributed by atoms with van der Waals surface area (Å²) < 4.78 is 0. The molecule has 0 bridgehead atoms. The number of aryl methyl sites for hydroxylation is 3. The van der Waals surface area contributed by atoms with Gasteiger partial charge in [0, 0.05) is 0 Å². The molecule has 18 heavy (non-hydrogen) atoms. The Bertz CT molecular complexity index is 555. The Labute approximate surface area is 119 Å². The minimum absolute atomic E-state index is 0.0325. The molecule has 0 spiro atoms. The van der Waals surface area contributed by atoms with Gasteiger partial charge in [-0.15, -0.1) is 11.6 Å². The molecule has 1 aromatic heterocycles. The van der Waals surface area contributed by atoms with E-state index in [9.17, 15) is 0 Å². The second kappa shape index (κ2) is 5.07. The van der Waals surface area contributed by atoms with E-state index in [4.69, 9.17) is 11.6 Å². The first-order valence-electron chi connectivity index (χ1n) is 6.17. The summed E-state index contributed by atoms with van der Waals surface area (Å²) in [7, 11) is 0. The van der Waals surface area contributed by atoms with E-state index in [1.807, 2.05) is 0 Å². The summed E-state index contributed by atoms with van der Waals surface area (Å²) in [5, 5.41) is 4.30. The maximum Gasteiger partial charge on any atom is 0.0851 e. The summed E-state index contributed by atoms with van der Waals surface area (Å²) in [5.74, 6) is 0. The second-order valence-electron chi connectivity index (χ2n) is 5.05. The van der Waals surface area contributed by atoms with Crippen molar-refractivity contribution >= 4 is 22.9 Å². The molecule has 2 aromatic rings. The molecule has 0 fully saturated rings. The number of hydrogen-bond acceptors (Lipinski definition) is 1. The zero-order valence-electron chi connectivity index (χ0n) is 11.6. The predicted octanol–water partition coefficient (Wildman–Crippen LogP) is 5.62. The van der Waals surface area contributed by atoms with Crippen LogP contribution in [-0.4, -0.2) is 0 Å². The number of hydrogen-bond donors (Lipinski definition) is 0. The van der Waals surface area contributed by atoms with Gasteiger partial charge in [-0.1, -0.05) is 6.07 Å². The third-order valence-corrected chi connectivity index (χ3v) is 5.18. The third-order valence-electron chi connectivity index (χ3n) is 3.85. The van der Waals surface area contributed by atoms with Gasteiger partial charge in [-0.2, -0.15) is 11.3 Å². The highest BCUT2D eigenvalue weighted by Gasteiger charge is 2.20. The molecule has 1 heterocycles. The van der Waals surface area contributed by atoms with Crippen molar-refractivity contribution in [3.63, 3.8) is 0 Å². The van der Waals surface area contributed by atoms with Crippen LogP contribution in [0, 0.1) is 34.6 Å². The predicted molar refractivity (Wildman–Crippen MR) is 82.1 cm³/mol. The smallest absolute Gasteiger partial charge is 0.0851 e. The molecule has 2 rings (SSSR count). The topological polar surface area (TPSA) is 0 Å². The van der Waals surface area contributed by atoms with Crippen molar-refractivity contribution in [2.45, 2.75) is 40.0 Å². The monoisotopic (exact) mass is 278 g/mol. The quantitative estimate of drug-likeness (QED) is 0.626. The molecular weight excluding hydrogens is 260 g/mol. The van der Waals surface area contributed by atoms with E-state index < -0.39 is 0 Å². The van der Waals surface area contributed by atoms with Crippen LogP contribution in [0.1, 0.15) is 44.3 Å². The van der Waals surface area contributed by atoms with Gasteiger partial charge in [0.1, 0.15) is 0 Å². The van der Waals surface area contributed by atoms with Gasteiger partial charge in [-0.3, -0.25) is 0 Å². The molecule has 1 unspecified atom stereocenters. The lowest BCUT2D eigenvalue weighted by atomic mass is 9.90. The van der Waals surface area contributed by atoms with Crippen LogP contribution in [0.3, 0.4) is 0 Å². The zero-order valence-corrected chi connectivity index (χ0v) is 13.2. The van der Waals surface area contributed by atoms with E-state index in [0.29, 0.717) is 0 Å². The fraction of sp³-hybridized carbons (Fsp3) is 0.375. The second-order valence-corrected chi connectivity index (χ2v) is 6.23. The summed E-state index contributed by atoms with van der Waals surface area (Å²) in [6.07, 6.45) is 0. The van der Waals surface area contributed by atoms with Crippen molar-refractivity contribution in [3.8, 4) is 0 Å². The number of alkyl halides is 1. The fourth-order valence-electron chi connectivity index (χ4n) is 2.41. The molecule has 1 atom stereocenters. The maximum atomic E-state index is 6.74. The Hall–Kier alpha value is -0.790. The number of halogens is 1. The van der Waals surface area contributed by atoms with Gasteiger partial charge in [-0.25, -0.2) is 0 Å². The van der Waals surface area contributed by atoms with Crippen LogP contribution >= 0.6 is 22.9 Å². The van der Waals surface area contributed by atoms with Crippen LogP contribution in [0.25, 0.3) is 0 Å². The van der Waals surface area contributed by atoms with Gasteiger partial charge in [-0.05, 0) is 84.3 Å². The van der Waals surface area contributed by atoms with Crippen molar-refractivity contribution in [1.29, 1.82) is 0 Å². The maximum absolute atomic E-state index is 6.74. The molecule has 0 aliphatic rings. The van der Waals surface area contributed by atoms with Crippen molar-refractivity contribution in [2.75, 3.05) is 0 Å². The van der Waals surface area contributed by atoms with Crippen LogP contribution in [0.2, 0.25) is 0 Å². The summed E-state index contributed by atoms with van der Waals surface area (Å²) in [4.78, 5) is 0. The molecule has 0 nitrogen and oxygen atoms in total. The molecule has 0 radical (unpaired) electrons. The summed E-state index contributed by atoms with van der Waals surface area (Å²) in [6, 6.07) is 2.25. The first-order chi connectivity index (χ1) is 8.43. The Balaban J connectivity index is 2.61. The zero-order chi connectivity index (χ0) is 13.4. The van der Waals surface area contributed by atoms with Gasteiger partial charge in [0.25, 0.3) is 0 Å². The van der Waals surface area contributed by atoms with Crippen LogP contribution in [0.15, 0.2) is 16.8 Å². The average Bonchev–Trinajstić information content (AvgIpc) is 2.73. The van der Waals surface area contributed by atoms with Gasteiger partial charge in [0.05, 0.1) is 5.38 Å². The lowest BCUT2D eigenvalue weighted by Gasteiger charge is -2.20. The van der Waals surface area contributed by atoms with Crippen molar-refractivity contribution < 1.29 is 0 Å². The van der Waals surface area contributed by atoms with Gasteiger partial charge < -0.3 is 0 Å². The minimum atomic E-state index is -0.0325. The van der Waals surface area contributed by atoms with E-state index >= 15 is 0 Å². The Kier molecular flexibility index (Phi) is 3.84. The normalized spacial score (nSPS) is 12.8. The van der Waals surface area contributed by atoms with E-state index in [0.717, 1.165) is 0 Å². The molecular formula is C16H19ClS. The van der Waals surface area contributed by atoms with Crippen molar-refractivity contribution in [2.24, 2.45) is 0 Å². The first kappa shape index (κ1) is 13.6. The van der Waals surface area contributed by atoms with Crippen LogP contribution in [-0.2, 0) is 0 Å². The molecule has 96 valence electrons. The van der Waals surface area contributed by atoms with Crippen LogP contribution in [0.4, 0.5) is 0 Å². The Morgan fingerprint density at radius 2 is 1.44 bits per heavy atom. The number of rotatable bonds is 2. The van der Waals surface area contributed by atoms with Gasteiger partial charge in [0.15, 0.2) is 0 Å². The molecule has 1 aromatic carbocycles. The summed E-state index contributed by atoms with van der Waals surface area (Å²) in [6.45, 7) is 10.8. The third kappa shape index (κ3) is 2.22. The molecule has 0 aliphatic heterocycles. The van der Waals surface area contributed by atoms with Gasteiger partial charge in [0.2, 0.25) is 0 Å². The highest BCUT2D eigenvalue weighted by atomic mass is 35.5.